The van der Waals surface area contributed by atoms with Crippen LogP contribution < -0.4 is 0 Å². The first-order valence-corrected chi connectivity index (χ1v) is 9.68. The zero-order chi connectivity index (χ0) is 20.4. The molecule has 6 nitrogen and oxygen atoms in total. The molecule has 2 aliphatic rings. The van der Waals surface area contributed by atoms with Crippen molar-refractivity contribution in [2.75, 3.05) is 26.2 Å². The summed E-state index contributed by atoms with van der Waals surface area (Å²) in [5.41, 5.74) is 3.12. The summed E-state index contributed by atoms with van der Waals surface area (Å²) in [5.74, 6) is -1.78. The fourth-order valence-corrected chi connectivity index (χ4v) is 3.80. The Morgan fingerprint density at radius 2 is 1.52 bits per heavy atom. The Morgan fingerprint density at radius 1 is 0.862 bits per heavy atom. The van der Waals surface area contributed by atoms with Crippen LogP contribution in [0.15, 0.2) is 48.5 Å². The number of amides is 3. The molecule has 4 rings (SSSR count). The van der Waals surface area contributed by atoms with E-state index in [1.165, 1.54) is 27.5 Å². The van der Waals surface area contributed by atoms with Crippen LogP contribution in [0.4, 0.5) is 4.39 Å². The standard InChI is InChI=1S/C22H22FN3O3/c23-19-7-5-16(6-8-19)13-25-11-12-26(22(29)21(25)28)15-20(27)24-10-9-17-3-1-2-4-18(17)14-24/h1-8H,9-15H2. The highest BCUT2D eigenvalue weighted by atomic mass is 19.1. The van der Waals surface area contributed by atoms with Crippen LogP contribution in [0.2, 0.25) is 0 Å². The molecule has 7 heteroatoms. The molecule has 0 bridgehead atoms. The minimum Gasteiger partial charge on any atom is -0.336 e. The van der Waals surface area contributed by atoms with Crippen LogP contribution >= 0.6 is 0 Å². The summed E-state index contributed by atoms with van der Waals surface area (Å²) in [6, 6.07) is 13.9. The van der Waals surface area contributed by atoms with Gasteiger partial charge in [0.2, 0.25) is 5.91 Å². The second-order valence-corrected chi connectivity index (χ2v) is 7.41. The van der Waals surface area contributed by atoms with Gasteiger partial charge >= 0.3 is 11.8 Å². The van der Waals surface area contributed by atoms with Crippen molar-refractivity contribution in [1.29, 1.82) is 0 Å². The number of nitrogens with zero attached hydrogens (tertiary/aromatic N) is 3. The molecule has 0 N–H and O–H groups in total. The first kappa shape index (κ1) is 19.1. The molecule has 0 unspecified atom stereocenters. The molecule has 2 aromatic carbocycles. The molecule has 2 aliphatic heterocycles. The van der Waals surface area contributed by atoms with Gasteiger partial charge in [0.15, 0.2) is 0 Å². The summed E-state index contributed by atoms with van der Waals surface area (Å²) in [5, 5.41) is 0. The fraction of sp³-hybridized carbons (Fsp3) is 0.318. The van der Waals surface area contributed by atoms with E-state index in [2.05, 4.69) is 6.07 Å². The lowest BCUT2D eigenvalue weighted by Crippen LogP contribution is -2.56. The second-order valence-electron chi connectivity index (χ2n) is 7.41. The van der Waals surface area contributed by atoms with Crippen molar-refractivity contribution < 1.29 is 18.8 Å². The molecule has 0 atom stereocenters. The largest absolute Gasteiger partial charge is 0.336 e. The van der Waals surface area contributed by atoms with Crippen LogP contribution in [-0.2, 0) is 33.9 Å². The predicted octanol–water partition coefficient (Wildman–Crippen LogP) is 1.58. The Labute approximate surface area is 168 Å². The van der Waals surface area contributed by atoms with Gasteiger partial charge in [-0.05, 0) is 35.2 Å². The van der Waals surface area contributed by atoms with Gasteiger partial charge in [0.25, 0.3) is 0 Å². The van der Waals surface area contributed by atoms with Gasteiger partial charge in [0.05, 0.1) is 0 Å². The molecular weight excluding hydrogens is 373 g/mol. The summed E-state index contributed by atoms with van der Waals surface area (Å²) in [6.45, 7) is 1.96. The van der Waals surface area contributed by atoms with Crippen LogP contribution in [0.25, 0.3) is 0 Å². The van der Waals surface area contributed by atoms with Crippen molar-refractivity contribution in [3.05, 3.63) is 71.0 Å². The average Bonchev–Trinajstić information content (AvgIpc) is 2.74. The second kappa shape index (κ2) is 8.03. The van der Waals surface area contributed by atoms with E-state index in [1.807, 2.05) is 18.2 Å². The number of hydrogen-bond acceptors (Lipinski definition) is 3. The maximum Gasteiger partial charge on any atom is 0.312 e. The first-order valence-electron chi connectivity index (χ1n) is 9.68. The van der Waals surface area contributed by atoms with Crippen molar-refractivity contribution in [1.82, 2.24) is 14.7 Å². The van der Waals surface area contributed by atoms with E-state index < -0.39 is 11.8 Å². The van der Waals surface area contributed by atoms with E-state index in [9.17, 15) is 18.8 Å². The van der Waals surface area contributed by atoms with Gasteiger partial charge in [0.1, 0.15) is 12.4 Å². The van der Waals surface area contributed by atoms with E-state index in [0.29, 0.717) is 26.2 Å². The Bertz CT molecular complexity index is 945. The third kappa shape index (κ3) is 4.13. The fourth-order valence-electron chi connectivity index (χ4n) is 3.80. The lowest BCUT2D eigenvalue weighted by molar-refractivity contribution is -0.158. The summed E-state index contributed by atoms with van der Waals surface area (Å²) < 4.78 is 13.0. The molecule has 2 aromatic rings. The topological polar surface area (TPSA) is 60.9 Å². The summed E-state index contributed by atoms with van der Waals surface area (Å²) in [6.07, 6.45) is 0.792. The predicted molar refractivity (Wildman–Crippen MR) is 104 cm³/mol. The number of piperazine rings is 1. The van der Waals surface area contributed by atoms with Crippen LogP contribution in [0.5, 0.6) is 0 Å². The molecule has 29 heavy (non-hydrogen) atoms. The first-order chi connectivity index (χ1) is 14.0. The molecule has 3 amide bonds. The lowest BCUT2D eigenvalue weighted by atomic mass is 10.00. The van der Waals surface area contributed by atoms with Gasteiger partial charge in [-0.25, -0.2) is 4.39 Å². The van der Waals surface area contributed by atoms with Crippen molar-refractivity contribution in [2.24, 2.45) is 0 Å². The Morgan fingerprint density at radius 3 is 2.28 bits per heavy atom. The van der Waals surface area contributed by atoms with Gasteiger partial charge < -0.3 is 14.7 Å². The van der Waals surface area contributed by atoms with E-state index in [1.54, 1.807) is 17.0 Å². The molecule has 1 saturated heterocycles. The highest BCUT2D eigenvalue weighted by Crippen LogP contribution is 2.19. The molecule has 0 radical (unpaired) electrons. The molecule has 2 heterocycles. The maximum atomic E-state index is 13.0. The van der Waals surface area contributed by atoms with Crippen LogP contribution in [-0.4, -0.2) is 58.6 Å². The lowest BCUT2D eigenvalue weighted by Gasteiger charge is -2.35. The number of rotatable bonds is 4. The monoisotopic (exact) mass is 395 g/mol. The van der Waals surface area contributed by atoms with Crippen LogP contribution in [0, 0.1) is 5.82 Å². The van der Waals surface area contributed by atoms with Gasteiger partial charge in [-0.1, -0.05) is 36.4 Å². The Hall–Kier alpha value is -3.22. The van der Waals surface area contributed by atoms with Gasteiger partial charge in [0, 0.05) is 32.7 Å². The van der Waals surface area contributed by atoms with E-state index in [0.717, 1.165) is 17.5 Å². The Balaban J connectivity index is 1.35. The maximum absolute atomic E-state index is 13.0. The zero-order valence-electron chi connectivity index (χ0n) is 16.0. The number of carbonyl (C=O) groups is 3. The van der Waals surface area contributed by atoms with E-state index >= 15 is 0 Å². The SMILES string of the molecule is O=C(CN1CCN(Cc2ccc(F)cc2)C(=O)C1=O)N1CCc2ccccc2C1. The van der Waals surface area contributed by atoms with Crippen LogP contribution in [0.3, 0.4) is 0 Å². The smallest absolute Gasteiger partial charge is 0.312 e. The van der Waals surface area contributed by atoms with Crippen LogP contribution in [0.1, 0.15) is 16.7 Å². The van der Waals surface area contributed by atoms with Crippen molar-refractivity contribution in [2.45, 2.75) is 19.5 Å². The normalized spacial score (nSPS) is 16.8. The van der Waals surface area contributed by atoms with E-state index in [4.69, 9.17) is 0 Å². The highest BCUT2D eigenvalue weighted by Gasteiger charge is 2.34. The number of carbonyl (C=O) groups excluding carboxylic acids is 3. The van der Waals surface area contributed by atoms with E-state index in [-0.39, 0.29) is 24.8 Å². The molecule has 0 saturated carbocycles. The third-order valence-electron chi connectivity index (χ3n) is 5.49. The average molecular weight is 395 g/mol. The summed E-state index contributed by atoms with van der Waals surface area (Å²) in [4.78, 5) is 42.2. The van der Waals surface area contributed by atoms with Crippen molar-refractivity contribution >= 4 is 17.7 Å². The molecule has 0 spiro atoms. The minimum atomic E-state index is -0.663. The number of hydrogen-bond donors (Lipinski definition) is 0. The number of halogens is 1. The molecule has 0 aliphatic carbocycles. The molecular formula is C22H22FN3O3. The Kier molecular flexibility index (Phi) is 5.29. The number of benzene rings is 2. The van der Waals surface area contributed by atoms with Crippen molar-refractivity contribution in [3.8, 4) is 0 Å². The number of fused-ring (bicyclic) bond motifs is 1. The quantitative estimate of drug-likeness (QED) is 0.739. The minimum absolute atomic E-state index is 0.0862. The summed E-state index contributed by atoms with van der Waals surface area (Å²) >= 11 is 0. The van der Waals surface area contributed by atoms with Gasteiger partial charge in [-0.3, -0.25) is 14.4 Å². The molecule has 1 fully saturated rings. The van der Waals surface area contributed by atoms with Crippen molar-refractivity contribution in [3.63, 3.8) is 0 Å². The highest BCUT2D eigenvalue weighted by molar-refractivity contribution is 6.35. The molecule has 150 valence electrons. The van der Waals surface area contributed by atoms with Gasteiger partial charge in [-0.2, -0.15) is 0 Å². The zero-order valence-corrected chi connectivity index (χ0v) is 16.0. The molecule has 0 aromatic heterocycles. The van der Waals surface area contributed by atoms with Gasteiger partial charge in [-0.15, -0.1) is 0 Å². The summed E-state index contributed by atoms with van der Waals surface area (Å²) in [7, 11) is 0. The third-order valence-corrected chi connectivity index (χ3v) is 5.49.